The number of carbonyl (C=O) groups is 1. The molecule has 0 saturated carbocycles. The highest BCUT2D eigenvalue weighted by atomic mass is 32.2. The summed E-state index contributed by atoms with van der Waals surface area (Å²) >= 11 is 1.43. The van der Waals surface area contributed by atoms with Crippen molar-refractivity contribution in [2.24, 2.45) is 10.4 Å². The van der Waals surface area contributed by atoms with Crippen LogP contribution >= 0.6 is 11.8 Å². The molecule has 1 aromatic rings. The molecular weight excluding hydrogens is 344 g/mol. The molecule has 0 aromatic heterocycles. The number of rotatable bonds is 2. The quantitative estimate of drug-likeness (QED) is 0.804. The number of fused-ring (bicyclic) bond motifs is 1. The van der Waals surface area contributed by atoms with Gasteiger partial charge in [0.25, 0.3) is 5.91 Å². The van der Waals surface area contributed by atoms with Gasteiger partial charge in [0.15, 0.2) is 15.0 Å². The van der Waals surface area contributed by atoms with E-state index >= 15 is 0 Å². The summed E-state index contributed by atoms with van der Waals surface area (Å²) in [5.74, 6) is 0.127. The largest absolute Gasteiger partial charge is 0.342 e. The molecule has 1 amide bonds. The molecule has 0 aliphatic carbocycles. The van der Waals surface area contributed by atoms with E-state index in [0.29, 0.717) is 11.7 Å². The molecule has 2 aliphatic rings. The molecule has 24 heavy (non-hydrogen) atoms. The molecule has 1 aromatic carbocycles. The first-order chi connectivity index (χ1) is 11.2. The van der Waals surface area contributed by atoms with Crippen molar-refractivity contribution in [3.8, 4) is 0 Å². The van der Waals surface area contributed by atoms with E-state index in [1.54, 1.807) is 0 Å². The van der Waals surface area contributed by atoms with Crippen LogP contribution in [-0.2, 0) is 21.2 Å². The number of hydrogen-bond acceptors (Lipinski definition) is 4. The van der Waals surface area contributed by atoms with E-state index in [-0.39, 0.29) is 28.7 Å². The van der Waals surface area contributed by atoms with Crippen LogP contribution in [-0.4, -0.2) is 47.2 Å². The first-order valence-corrected chi connectivity index (χ1v) is 10.7. The van der Waals surface area contributed by atoms with Gasteiger partial charge in [-0.3, -0.25) is 4.79 Å². The van der Waals surface area contributed by atoms with Crippen LogP contribution in [0, 0.1) is 5.41 Å². The fourth-order valence-electron chi connectivity index (χ4n) is 2.86. The zero-order chi connectivity index (χ0) is 17.5. The first kappa shape index (κ1) is 17.5. The van der Waals surface area contributed by atoms with Crippen molar-refractivity contribution in [1.82, 2.24) is 4.90 Å². The third-order valence-electron chi connectivity index (χ3n) is 4.21. The Morgan fingerprint density at radius 3 is 2.54 bits per heavy atom. The normalized spacial score (nSPS) is 27.5. The maximum absolute atomic E-state index is 12.3. The molecule has 2 saturated heterocycles. The van der Waals surface area contributed by atoms with Gasteiger partial charge in [-0.1, -0.05) is 62.9 Å². The molecule has 2 heterocycles. The second-order valence-corrected chi connectivity index (χ2v) is 10.7. The van der Waals surface area contributed by atoms with Crippen LogP contribution in [0.5, 0.6) is 0 Å². The monoisotopic (exact) mass is 366 g/mol. The Morgan fingerprint density at radius 2 is 1.92 bits per heavy atom. The fraction of sp³-hybridized carbons (Fsp3) is 0.529. The molecular formula is C17H22N2O3S2. The number of hydrogen-bond donors (Lipinski definition) is 0. The van der Waals surface area contributed by atoms with E-state index < -0.39 is 15.3 Å². The zero-order valence-electron chi connectivity index (χ0n) is 14.1. The molecule has 2 aliphatic heterocycles. The highest BCUT2D eigenvalue weighted by Gasteiger charge is 2.48. The van der Waals surface area contributed by atoms with Gasteiger partial charge in [0.2, 0.25) is 0 Å². The van der Waals surface area contributed by atoms with Crippen LogP contribution in [0.4, 0.5) is 0 Å². The van der Waals surface area contributed by atoms with Crippen LogP contribution in [0.15, 0.2) is 35.3 Å². The maximum Gasteiger partial charge on any atom is 0.253 e. The van der Waals surface area contributed by atoms with Gasteiger partial charge in [0, 0.05) is 17.2 Å². The van der Waals surface area contributed by atoms with E-state index in [9.17, 15) is 13.2 Å². The summed E-state index contributed by atoms with van der Waals surface area (Å²) in [6.45, 7) is 6.09. The lowest BCUT2D eigenvalue weighted by Gasteiger charge is -2.25. The Bertz CT molecular complexity index is 767. The number of amidine groups is 1. The summed E-state index contributed by atoms with van der Waals surface area (Å²) in [6.07, 6.45) is 0. The fourth-order valence-corrected chi connectivity index (χ4v) is 6.80. The van der Waals surface area contributed by atoms with Gasteiger partial charge >= 0.3 is 0 Å². The molecule has 5 nitrogen and oxygen atoms in total. The summed E-state index contributed by atoms with van der Waals surface area (Å²) in [5, 5.41) is 0.619. The smallest absolute Gasteiger partial charge is 0.253 e. The van der Waals surface area contributed by atoms with Gasteiger partial charge in [-0.05, 0) is 5.56 Å². The van der Waals surface area contributed by atoms with Crippen molar-refractivity contribution in [1.29, 1.82) is 0 Å². The standard InChI is InChI=1S/C17H22N2O3S2/c1-17(2,3)15(20)18-16-19(9-12-7-5-4-6-8-12)13-10-24(21,22)11-14(13)23-16/h4-8,13-14H,9-11H2,1-3H3/t13-,14+/m1/s1. The average molecular weight is 367 g/mol. The average Bonchev–Trinajstić information content (AvgIpc) is 2.92. The molecule has 3 rings (SSSR count). The number of benzene rings is 1. The minimum absolute atomic E-state index is 0.0368. The molecule has 0 unspecified atom stereocenters. The summed E-state index contributed by atoms with van der Waals surface area (Å²) in [6, 6.07) is 9.77. The minimum Gasteiger partial charge on any atom is -0.342 e. The van der Waals surface area contributed by atoms with Crippen LogP contribution in [0.2, 0.25) is 0 Å². The topological polar surface area (TPSA) is 66.8 Å². The van der Waals surface area contributed by atoms with Gasteiger partial charge in [-0.2, -0.15) is 4.99 Å². The highest BCUT2D eigenvalue weighted by Crippen LogP contribution is 2.39. The summed E-state index contributed by atoms with van der Waals surface area (Å²) in [7, 11) is -3.01. The molecule has 0 radical (unpaired) electrons. The highest BCUT2D eigenvalue weighted by molar-refractivity contribution is 8.15. The lowest BCUT2D eigenvalue weighted by molar-refractivity contribution is -0.124. The number of thioether (sulfide) groups is 1. The Balaban J connectivity index is 1.91. The van der Waals surface area contributed by atoms with Gasteiger partial charge in [-0.15, -0.1) is 0 Å². The van der Waals surface area contributed by atoms with E-state index in [1.807, 2.05) is 56.0 Å². The Kier molecular flexibility index (Phi) is 4.51. The third kappa shape index (κ3) is 3.67. The summed E-state index contributed by atoms with van der Waals surface area (Å²) < 4.78 is 24.0. The predicted molar refractivity (Wildman–Crippen MR) is 97.7 cm³/mol. The van der Waals surface area contributed by atoms with E-state index in [1.165, 1.54) is 11.8 Å². The van der Waals surface area contributed by atoms with Crippen molar-refractivity contribution in [2.45, 2.75) is 38.6 Å². The van der Waals surface area contributed by atoms with E-state index in [2.05, 4.69) is 4.99 Å². The molecule has 0 spiro atoms. The van der Waals surface area contributed by atoms with Crippen molar-refractivity contribution < 1.29 is 13.2 Å². The molecule has 0 N–H and O–H groups in total. The van der Waals surface area contributed by atoms with Gasteiger partial charge in [-0.25, -0.2) is 8.42 Å². The summed E-state index contributed by atoms with van der Waals surface area (Å²) in [4.78, 5) is 18.6. The van der Waals surface area contributed by atoms with E-state index in [4.69, 9.17) is 0 Å². The van der Waals surface area contributed by atoms with Crippen LogP contribution in [0.3, 0.4) is 0 Å². The van der Waals surface area contributed by atoms with Crippen molar-refractivity contribution in [3.05, 3.63) is 35.9 Å². The Hall–Kier alpha value is -1.34. The Morgan fingerprint density at radius 1 is 1.25 bits per heavy atom. The molecule has 7 heteroatoms. The zero-order valence-corrected chi connectivity index (χ0v) is 15.7. The summed E-state index contributed by atoms with van der Waals surface area (Å²) in [5.41, 5.74) is 0.536. The SMILES string of the molecule is CC(C)(C)C(=O)N=C1S[C@H]2CS(=O)(=O)C[C@H]2N1Cc1ccccc1. The van der Waals surface area contributed by atoms with Crippen molar-refractivity contribution >= 4 is 32.7 Å². The number of aliphatic imine (C=N–C) groups is 1. The number of nitrogens with zero attached hydrogens (tertiary/aromatic N) is 2. The van der Waals surface area contributed by atoms with Crippen molar-refractivity contribution in [3.63, 3.8) is 0 Å². The second kappa shape index (κ2) is 6.19. The third-order valence-corrected chi connectivity index (χ3v) is 7.46. The van der Waals surface area contributed by atoms with Gasteiger partial charge < -0.3 is 4.90 Å². The molecule has 130 valence electrons. The van der Waals surface area contributed by atoms with Gasteiger partial charge in [0.05, 0.1) is 17.5 Å². The van der Waals surface area contributed by atoms with Crippen molar-refractivity contribution in [2.75, 3.05) is 11.5 Å². The Labute approximate surface area is 147 Å². The number of carbonyl (C=O) groups excluding carboxylic acids is 1. The minimum atomic E-state index is -3.01. The van der Waals surface area contributed by atoms with Gasteiger partial charge in [0.1, 0.15) is 0 Å². The molecule has 2 fully saturated rings. The van der Waals surface area contributed by atoms with E-state index in [0.717, 1.165) is 5.56 Å². The van der Waals surface area contributed by atoms with Crippen LogP contribution in [0.25, 0.3) is 0 Å². The maximum atomic E-state index is 12.3. The lowest BCUT2D eigenvalue weighted by atomic mass is 9.96. The molecule has 2 atom stereocenters. The number of amides is 1. The predicted octanol–water partition coefficient (Wildman–Crippen LogP) is 2.33. The lowest BCUT2D eigenvalue weighted by Crippen LogP contribution is -2.37. The molecule has 0 bridgehead atoms. The number of sulfone groups is 1. The van der Waals surface area contributed by atoms with Crippen LogP contribution < -0.4 is 0 Å². The second-order valence-electron chi connectivity index (χ2n) is 7.36. The van der Waals surface area contributed by atoms with Crippen LogP contribution in [0.1, 0.15) is 26.3 Å². The first-order valence-electron chi connectivity index (χ1n) is 7.96.